The van der Waals surface area contributed by atoms with Gasteiger partial charge in [-0.25, -0.2) is 0 Å². The fraction of sp³-hybridized carbons (Fsp3) is 0.308. The molecule has 19 aromatic rings. The molecule has 0 aliphatic rings. The fourth-order valence-corrected chi connectivity index (χ4v) is 12.2. The molecular weight excluding hydrogens is 937 g/mol. The highest BCUT2D eigenvalue weighted by Crippen LogP contribution is 2.34. The molecule has 0 amide bonds. The van der Waals surface area contributed by atoms with Gasteiger partial charge in [0.2, 0.25) is 0 Å². The van der Waals surface area contributed by atoms with E-state index >= 15 is 0 Å². The summed E-state index contributed by atoms with van der Waals surface area (Å²) in [4.78, 5) is 0. The van der Waals surface area contributed by atoms with Crippen LogP contribution in [0.25, 0.3) is 97.0 Å². The smallest absolute Gasteiger partial charge is 0.0102 e. The molecular formula is C78H84. The summed E-state index contributed by atoms with van der Waals surface area (Å²) in [7, 11) is 0. The first-order valence-corrected chi connectivity index (χ1v) is 30.5. The summed E-state index contributed by atoms with van der Waals surface area (Å²) in [5.41, 5.74) is 9.07. The van der Waals surface area contributed by atoms with E-state index in [0.717, 1.165) is 38.5 Å². The lowest BCUT2D eigenvalue weighted by Crippen LogP contribution is -1.96. The van der Waals surface area contributed by atoms with Gasteiger partial charge in [0.05, 0.1) is 0 Å². The van der Waals surface area contributed by atoms with E-state index < -0.39 is 0 Å². The molecule has 19 aromatic carbocycles. The van der Waals surface area contributed by atoms with Gasteiger partial charge in [0.25, 0.3) is 0 Å². The second kappa shape index (κ2) is 26.1. The molecule has 0 fully saturated rings. The van der Waals surface area contributed by atoms with Gasteiger partial charge in [-0.3, -0.25) is 0 Å². The summed E-state index contributed by atoms with van der Waals surface area (Å²) in [6.45, 7) is 13.9. The van der Waals surface area contributed by atoms with E-state index in [1.807, 2.05) is 0 Å². The third-order valence-electron chi connectivity index (χ3n) is 17.0. The predicted molar refractivity (Wildman–Crippen MR) is 349 cm³/mol. The molecule has 0 radical (unpaired) electrons. The molecule has 0 atom stereocenters. The summed E-state index contributed by atoms with van der Waals surface area (Å²) < 4.78 is 0. The second-order valence-corrected chi connectivity index (χ2v) is 22.6. The summed E-state index contributed by atoms with van der Waals surface area (Å²) in [5.74, 6) is 0. The molecule has 0 heteroatoms. The third kappa shape index (κ3) is 12.3. The maximum absolute atomic E-state index is 2.55. The van der Waals surface area contributed by atoms with Gasteiger partial charge >= 0.3 is 0 Å². The topological polar surface area (TPSA) is 0 Å². The van der Waals surface area contributed by atoms with Crippen molar-refractivity contribution in [3.05, 3.63) is 215 Å². The van der Waals surface area contributed by atoms with Gasteiger partial charge in [-0.1, -0.05) is 262 Å². The minimum Gasteiger partial charge on any atom is -0.0654 e. The summed E-state index contributed by atoms with van der Waals surface area (Å²) in [6.07, 6.45) is 21.1. The lowest BCUT2D eigenvalue weighted by Gasteiger charge is -2.13. The van der Waals surface area contributed by atoms with Crippen molar-refractivity contribution in [2.45, 2.75) is 157 Å². The van der Waals surface area contributed by atoms with Crippen LogP contribution in [0.1, 0.15) is 152 Å². The van der Waals surface area contributed by atoms with E-state index in [1.165, 1.54) is 207 Å². The zero-order chi connectivity index (χ0) is 53.8. The van der Waals surface area contributed by atoms with Crippen molar-refractivity contribution < 1.29 is 0 Å². The minimum atomic E-state index is 1.12. The Kier molecular flexibility index (Phi) is 18.2. The maximum Gasteiger partial charge on any atom is -0.0102 e. The molecule has 0 heterocycles. The van der Waals surface area contributed by atoms with Crippen LogP contribution in [0.15, 0.2) is 182 Å². The summed E-state index contributed by atoms with van der Waals surface area (Å²) in [6, 6.07) is 71.9. The number of benzene rings is 9. The van der Waals surface area contributed by atoms with Gasteiger partial charge in [0.1, 0.15) is 0 Å². The molecule has 0 N–H and O–H groups in total. The molecule has 12 bridgehead atoms. The van der Waals surface area contributed by atoms with E-state index in [-0.39, 0.29) is 0 Å². The lowest BCUT2D eigenvalue weighted by molar-refractivity contribution is 0.759. The molecule has 19 rings (SSSR count). The Hall–Kier alpha value is -7.02. The highest BCUT2D eigenvalue weighted by molar-refractivity contribution is 6.10. The van der Waals surface area contributed by atoms with Crippen molar-refractivity contribution >= 4 is 97.0 Å². The molecule has 0 aliphatic heterocycles. The Balaban J connectivity index is 1.27. The quantitative estimate of drug-likeness (QED) is 0.0803. The molecule has 78 heavy (non-hydrogen) atoms. The molecule has 396 valence electrons. The zero-order valence-corrected chi connectivity index (χ0v) is 48.0. The predicted octanol–water partition coefficient (Wildman–Crippen LogP) is 23.5. The van der Waals surface area contributed by atoms with Crippen molar-refractivity contribution in [2.24, 2.45) is 0 Å². The average molecular weight is 1020 g/mol. The first kappa shape index (κ1) is 54.3. The van der Waals surface area contributed by atoms with Gasteiger partial charge < -0.3 is 0 Å². The number of hydrogen-bond donors (Lipinski definition) is 0. The second-order valence-electron chi connectivity index (χ2n) is 22.6. The minimum absolute atomic E-state index is 1.12. The van der Waals surface area contributed by atoms with Crippen LogP contribution in [0, 0.1) is 0 Å². The van der Waals surface area contributed by atoms with Crippen LogP contribution < -0.4 is 0 Å². The highest BCUT2D eigenvalue weighted by atomic mass is 14.2. The van der Waals surface area contributed by atoms with Crippen molar-refractivity contribution in [3.63, 3.8) is 0 Å². The normalized spacial score (nSPS) is 11.6. The maximum atomic E-state index is 2.55. The van der Waals surface area contributed by atoms with Gasteiger partial charge in [0.15, 0.2) is 0 Å². The van der Waals surface area contributed by atoms with Crippen LogP contribution in [0.4, 0.5) is 0 Å². The molecule has 0 saturated heterocycles. The van der Waals surface area contributed by atoms with Crippen molar-refractivity contribution in [2.75, 3.05) is 0 Å². The van der Waals surface area contributed by atoms with Crippen LogP contribution in [-0.4, -0.2) is 0 Å². The lowest BCUT2D eigenvalue weighted by atomic mass is 9.92. The largest absolute Gasteiger partial charge is 0.0654 e. The molecule has 0 aliphatic carbocycles. The number of unbranched alkanes of at least 4 members (excludes halogenated alkanes) is 6. The van der Waals surface area contributed by atoms with Crippen LogP contribution in [0.2, 0.25) is 0 Å². The standard InChI is InChI=1S/C78H84/c1-7-13-19-67-49-73-61-37-25-55(26-38-61)57-29-41-63(42-30-57)75-51-69(21-15-9-3)71(23-17-11-5)53-77(75)65-45-33-59(34-46-65)60-35-47-66(48-36-60)78-54-72(24-18-12-6)70(22-16-10-4)52-76(78)64-43-31-58(32-44-64)56-27-39-62(40-28-56)74(73)50-68(67)20-14-8-2/h25-54H,7-24H2,1-6H3. The Morgan fingerprint density at radius 1 is 0.167 bits per heavy atom. The van der Waals surface area contributed by atoms with Crippen LogP contribution in [-0.2, 0) is 38.5 Å². The molecule has 0 saturated carbocycles. The number of rotatable bonds is 18. The SMILES string of the molecule is CCCCc1cc2c3ccc(cc3)c3ccc(cc3)c3cc(CCCC)c(CCCC)cc3c3ccc(cc3)c3ccc(cc3)c3cc(CCCC)c(CCCC)cc3c3ccc(cc3)c3ccc(cc3)c2cc1CCCC. The monoisotopic (exact) mass is 1020 g/mol. The van der Waals surface area contributed by atoms with Crippen molar-refractivity contribution in [3.8, 4) is 0 Å². The van der Waals surface area contributed by atoms with Crippen LogP contribution >= 0.6 is 0 Å². The van der Waals surface area contributed by atoms with Gasteiger partial charge in [-0.15, -0.1) is 0 Å². The number of hydrogen-bond acceptors (Lipinski definition) is 0. The van der Waals surface area contributed by atoms with Crippen molar-refractivity contribution in [1.82, 2.24) is 0 Å². The van der Waals surface area contributed by atoms with Crippen LogP contribution in [0.3, 0.4) is 0 Å². The van der Waals surface area contributed by atoms with Crippen LogP contribution in [0.5, 0.6) is 0 Å². The Morgan fingerprint density at radius 3 is 0.397 bits per heavy atom. The van der Waals surface area contributed by atoms with E-state index in [4.69, 9.17) is 0 Å². The summed E-state index contributed by atoms with van der Waals surface area (Å²) in [5, 5.41) is 23.0. The van der Waals surface area contributed by atoms with Gasteiger partial charge in [-0.2, -0.15) is 0 Å². The van der Waals surface area contributed by atoms with E-state index in [1.54, 1.807) is 0 Å². The van der Waals surface area contributed by atoms with Crippen molar-refractivity contribution in [1.29, 1.82) is 0 Å². The number of aryl methyl sites for hydroxylation is 6. The average Bonchev–Trinajstić information content (AvgIpc) is 3.57. The highest BCUT2D eigenvalue weighted by Gasteiger charge is 2.12. The molecule has 0 spiro atoms. The van der Waals surface area contributed by atoms with E-state index in [9.17, 15) is 0 Å². The van der Waals surface area contributed by atoms with Gasteiger partial charge in [-0.05, 0) is 207 Å². The third-order valence-corrected chi connectivity index (χ3v) is 17.0. The summed E-state index contributed by atoms with van der Waals surface area (Å²) >= 11 is 0. The molecule has 0 aromatic heterocycles. The Morgan fingerprint density at radius 2 is 0.282 bits per heavy atom. The molecule has 0 unspecified atom stereocenters. The molecule has 0 nitrogen and oxygen atoms in total. The van der Waals surface area contributed by atoms with E-state index in [0.29, 0.717) is 0 Å². The Bertz CT molecular complexity index is 3200. The first-order chi connectivity index (χ1) is 38.4. The zero-order valence-electron chi connectivity index (χ0n) is 48.0. The first-order valence-electron chi connectivity index (χ1n) is 30.5. The fourth-order valence-electron chi connectivity index (χ4n) is 12.2. The Labute approximate surface area is 466 Å². The van der Waals surface area contributed by atoms with E-state index in [2.05, 4.69) is 224 Å². The van der Waals surface area contributed by atoms with Gasteiger partial charge in [0, 0.05) is 0 Å².